The molecule has 72 valence electrons. The van der Waals surface area contributed by atoms with Gasteiger partial charge in [0.15, 0.2) is 0 Å². The summed E-state index contributed by atoms with van der Waals surface area (Å²) in [5, 5.41) is 0. The van der Waals surface area contributed by atoms with Gasteiger partial charge in [-0.05, 0) is 19.8 Å². The highest BCUT2D eigenvalue weighted by Gasteiger charge is 2.28. The van der Waals surface area contributed by atoms with E-state index in [2.05, 4.69) is 0 Å². The highest BCUT2D eigenvalue weighted by molar-refractivity contribution is 5.79. The fourth-order valence-electron chi connectivity index (χ4n) is 0.981. The Morgan fingerprint density at radius 2 is 2.00 bits per heavy atom. The average molecular weight is 173 g/mol. The number of ether oxygens (including phenoxy) is 1. The summed E-state index contributed by atoms with van der Waals surface area (Å²) >= 11 is 0. The molecular weight excluding hydrogens is 154 g/mol. The first-order valence-electron chi connectivity index (χ1n) is 4.50. The fraction of sp³-hybridized carbons (Fsp3) is 0.889. The van der Waals surface area contributed by atoms with Crippen molar-refractivity contribution in [2.75, 3.05) is 6.61 Å². The Kier molecular flexibility index (Phi) is 4.90. The lowest BCUT2D eigenvalue weighted by Gasteiger charge is -2.21. The van der Waals surface area contributed by atoms with Crippen LogP contribution in [0.3, 0.4) is 0 Å². The van der Waals surface area contributed by atoms with Crippen LogP contribution in [0.1, 0.15) is 40.0 Å². The molecule has 0 aromatic heterocycles. The standard InChI is InChI=1S/C9H19NO2/c1-4-6-9(3,10)8(11)12-7-5-2/h4-7,10H2,1-3H3. The molecule has 0 aliphatic heterocycles. The fourth-order valence-corrected chi connectivity index (χ4v) is 0.981. The number of nitrogens with two attached hydrogens (primary N) is 1. The molecule has 0 aromatic carbocycles. The van der Waals surface area contributed by atoms with E-state index >= 15 is 0 Å². The van der Waals surface area contributed by atoms with Crippen molar-refractivity contribution in [3.63, 3.8) is 0 Å². The molecule has 0 saturated heterocycles. The Balaban J connectivity index is 3.88. The van der Waals surface area contributed by atoms with Crippen LogP contribution in [-0.4, -0.2) is 18.1 Å². The maximum Gasteiger partial charge on any atom is 0.325 e. The molecular formula is C9H19NO2. The van der Waals surface area contributed by atoms with E-state index in [0.29, 0.717) is 13.0 Å². The van der Waals surface area contributed by atoms with E-state index in [-0.39, 0.29) is 5.97 Å². The Labute approximate surface area is 74.3 Å². The molecule has 0 aromatic rings. The van der Waals surface area contributed by atoms with Gasteiger partial charge < -0.3 is 10.5 Å². The third kappa shape index (κ3) is 3.72. The largest absolute Gasteiger partial charge is 0.464 e. The highest BCUT2D eigenvalue weighted by atomic mass is 16.5. The van der Waals surface area contributed by atoms with Crippen LogP contribution in [0.2, 0.25) is 0 Å². The normalized spacial score (nSPS) is 15.3. The molecule has 0 radical (unpaired) electrons. The number of hydrogen-bond acceptors (Lipinski definition) is 3. The molecule has 0 saturated carbocycles. The van der Waals surface area contributed by atoms with Gasteiger partial charge in [-0.15, -0.1) is 0 Å². The minimum absolute atomic E-state index is 0.286. The zero-order chi connectivity index (χ0) is 9.61. The van der Waals surface area contributed by atoms with Gasteiger partial charge in [-0.1, -0.05) is 20.3 Å². The summed E-state index contributed by atoms with van der Waals surface area (Å²) < 4.78 is 4.94. The van der Waals surface area contributed by atoms with Gasteiger partial charge >= 0.3 is 5.97 Å². The van der Waals surface area contributed by atoms with Crippen molar-refractivity contribution in [1.29, 1.82) is 0 Å². The first-order valence-corrected chi connectivity index (χ1v) is 4.50. The predicted octanol–water partition coefficient (Wildman–Crippen LogP) is 1.46. The third-order valence-corrected chi connectivity index (χ3v) is 1.67. The molecule has 3 nitrogen and oxygen atoms in total. The van der Waals surface area contributed by atoms with Gasteiger partial charge in [-0.3, -0.25) is 4.79 Å². The van der Waals surface area contributed by atoms with Gasteiger partial charge in [0.1, 0.15) is 5.54 Å². The molecule has 0 heterocycles. The Hall–Kier alpha value is -0.570. The topological polar surface area (TPSA) is 52.3 Å². The van der Waals surface area contributed by atoms with Crippen molar-refractivity contribution >= 4 is 5.97 Å². The van der Waals surface area contributed by atoms with Gasteiger partial charge in [0.25, 0.3) is 0 Å². The van der Waals surface area contributed by atoms with Crippen molar-refractivity contribution in [2.24, 2.45) is 5.73 Å². The van der Waals surface area contributed by atoms with Crippen LogP contribution in [0.5, 0.6) is 0 Å². The summed E-state index contributed by atoms with van der Waals surface area (Å²) in [4.78, 5) is 11.3. The highest BCUT2D eigenvalue weighted by Crippen LogP contribution is 2.10. The second-order valence-corrected chi connectivity index (χ2v) is 3.30. The molecule has 0 rings (SSSR count). The van der Waals surface area contributed by atoms with E-state index in [0.717, 1.165) is 12.8 Å². The van der Waals surface area contributed by atoms with E-state index in [1.54, 1.807) is 6.92 Å². The molecule has 0 bridgehead atoms. The van der Waals surface area contributed by atoms with Gasteiger partial charge in [-0.2, -0.15) is 0 Å². The maximum absolute atomic E-state index is 11.3. The van der Waals surface area contributed by atoms with Gasteiger partial charge in [0.2, 0.25) is 0 Å². The van der Waals surface area contributed by atoms with Crippen molar-refractivity contribution in [3.05, 3.63) is 0 Å². The van der Waals surface area contributed by atoms with Crippen molar-refractivity contribution < 1.29 is 9.53 Å². The molecule has 0 fully saturated rings. The zero-order valence-corrected chi connectivity index (χ0v) is 8.22. The van der Waals surface area contributed by atoms with Crippen LogP contribution in [0, 0.1) is 0 Å². The number of carbonyl (C=O) groups excluding carboxylic acids is 1. The van der Waals surface area contributed by atoms with Crippen LogP contribution in [0.4, 0.5) is 0 Å². The molecule has 0 aliphatic carbocycles. The zero-order valence-electron chi connectivity index (χ0n) is 8.22. The van der Waals surface area contributed by atoms with Crippen LogP contribution in [0.15, 0.2) is 0 Å². The van der Waals surface area contributed by atoms with Crippen molar-refractivity contribution in [2.45, 2.75) is 45.6 Å². The smallest absolute Gasteiger partial charge is 0.325 e. The molecule has 1 unspecified atom stereocenters. The summed E-state index contributed by atoms with van der Waals surface area (Å²) in [6, 6.07) is 0. The SMILES string of the molecule is CCCOC(=O)C(C)(N)CCC. The van der Waals surface area contributed by atoms with Crippen molar-refractivity contribution in [1.82, 2.24) is 0 Å². The molecule has 0 amide bonds. The average Bonchev–Trinajstić information content (AvgIpc) is 2.00. The summed E-state index contributed by atoms with van der Waals surface area (Å²) in [6.07, 6.45) is 2.41. The molecule has 0 aliphatic rings. The number of rotatable bonds is 5. The number of esters is 1. The lowest BCUT2D eigenvalue weighted by atomic mass is 9.98. The molecule has 1 atom stereocenters. The van der Waals surface area contributed by atoms with Crippen LogP contribution >= 0.6 is 0 Å². The Morgan fingerprint density at radius 1 is 1.42 bits per heavy atom. The second kappa shape index (κ2) is 5.14. The quantitative estimate of drug-likeness (QED) is 0.640. The van der Waals surface area contributed by atoms with E-state index in [1.165, 1.54) is 0 Å². The minimum Gasteiger partial charge on any atom is -0.464 e. The van der Waals surface area contributed by atoms with E-state index in [1.807, 2.05) is 13.8 Å². The van der Waals surface area contributed by atoms with Crippen LogP contribution in [-0.2, 0) is 9.53 Å². The first-order chi connectivity index (χ1) is 5.54. The second-order valence-electron chi connectivity index (χ2n) is 3.30. The lowest BCUT2D eigenvalue weighted by Crippen LogP contribution is -2.46. The Bertz CT molecular complexity index is 143. The molecule has 0 spiro atoms. The van der Waals surface area contributed by atoms with Gasteiger partial charge in [0.05, 0.1) is 6.61 Å². The lowest BCUT2D eigenvalue weighted by molar-refractivity contribution is -0.149. The predicted molar refractivity (Wildman–Crippen MR) is 48.8 cm³/mol. The third-order valence-electron chi connectivity index (χ3n) is 1.67. The molecule has 12 heavy (non-hydrogen) atoms. The molecule has 2 N–H and O–H groups in total. The Morgan fingerprint density at radius 3 is 2.42 bits per heavy atom. The number of carbonyl (C=O) groups is 1. The van der Waals surface area contributed by atoms with E-state index in [9.17, 15) is 4.79 Å². The number of hydrogen-bond donors (Lipinski definition) is 1. The van der Waals surface area contributed by atoms with Gasteiger partial charge in [-0.25, -0.2) is 0 Å². The van der Waals surface area contributed by atoms with Gasteiger partial charge in [0, 0.05) is 0 Å². The summed E-state index contributed by atoms with van der Waals surface area (Å²) in [7, 11) is 0. The van der Waals surface area contributed by atoms with Crippen LogP contribution < -0.4 is 5.73 Å². The minimum atomic E-state index is -0.802. The monoisotopic (exact) mass is 173 g/mol. The first kappa shape index (κ1) is 11.4. The summed E-state index contributed by atoms with van der Waals surface area (Å²) in [5.41, 5.74) is 4.94. The summed E-state index contributed by atoms with van der Waals surface area (Å²) in [6.45, 7) is 6.14. The van der Waals surface area contributed by atoms with E-state index in [4.69, 9.17) is 10.5 Å². The van der Waals surface area contributed by atoms with E-state index < -0.39 is 5.54 Å². The maximum atomic E-state index is 11.3. The van der Waals surface area contributed by atoms with Crippen molar-refractivity contribution in [3.8, 4) is 0 Å². The molecule has 3 heteroatoms. The summed E-state index contributed by atoms with van der Waals surface area (Å²) in [5.74, 6) is -0.286. The van der Waals surface area contributed by atoms with Crippen LogP contribution in [0.25, 0.3) is 0 Å².